The van der Waals surface area contributed by atoms with Crippen molar-refractivity contribution in [1.29, 1.82) is 0 Å². The molecule has 0 aliphatic carbocycles. The summed E-state index contributed by atoms with van der Waals surface area (Å²) in [4.78, 5) is 0. The second-order valence-corrected chi connectivity index (χ2v) is 4.82. The van der Waals surface area contributed by atoms with Crippen LogP contribution in [0.15, 0.2) is 0 Å². The van der Waals surface area contributed by atoms with Gasteiger partial charge in [0.2, 0.25) is 0 Å². The van der Waals surface area contributed by atoms with E-state index in [0.717, 1.165) is 12.5 Å². The summed E-state index contributed by atoms with van der Waals surface area (Å²) in [6.45, 7) is 5.43. The van der Waals surface area contributed by atoms with Crippen LogP contribution in [-0.2, 0) is 4.74 Å². The maximum Gasteiger partial charge on any atom is 0.0546 e. The van der Waals surface area contributed by atoms with Crippen LogP contribution < -0.4 is 5.32 Å². The molecule has 0 spiro atoms. The van der Waals surface area contributed by atoms with Gasteiger partial charge in [-0.3, -0.25) is 0 Å². The van der Waals surface area contributed by atoms with Crippen molar-refractivity contribution in [2.45, 2.75) is 32.4 Å². The van der Waals surface area contributed by atoms with Gasteiger partial charge >= 0.3 is 0 Å². The Morgan fingerprint density at radius 1 is 1.54 bits per heavy atom. The van der Waals surface area contributed by atoms with E-state index < -0.39 is 0 Å². The maximum atomic E-state index is 5.30. The molecule has 1 aliphatic heterocycles. The fourth-order valence-electron chi connectivity index (χ4n) is 1.84. The molecule has 3 unspecified atom stereocenters. The summed E-state index contributed by atoms with van der Waals surface area (Å²) in [7, 11) is 1.80. The molecule has 1 heterocycles. The van der Waals surface area contributed by atoms with Crippen LogP contribution in [0, 0.1) is 5.92 Å². The van der Waals surface area contributed by atoms with Crippen LogP contribution in [0.3, 0.4) is 0 Å². The van der Waals surface area contributed by atoms with E-state index in [1.54, 1.807) is 7.11 Å². The fraction of sp³-hybridized carbons (Fsp3) is 1.00. The van der Waals surface area contributed by atoms with Crippen molar-refractivity contribution in [3.05, 3.63) is 0 Å². The highest BCUT2D eigenvalue weighted by molar-refractivity contribution is 7.99. The molecule has 0 aromatic carbocycles. The van der Waals surface area contributed by atoms with Crippen LogP contribution in [0.2, 0.25) is 0 Å². The van der Waals surface area contributed by atoms with Crippen molar-refractivity contribution in [3.8, 4) is 0 Å². The van der Waals surface area contributed by atoms with Gasteiger partial charge in [0.05, 0.1) is 6.10 Å². The summed E-state index contributed by atoms with van der Waals surface area (Å²) >= 11 is 2.06. The third kappa shape index (κ3) is 3.49. The second kappa shape index (κ2) is 5.89. The lowest BCUT2D eigenvalue weighted by atomic mass is 9.97. The van der Waals surface area contributed by atoms with Crippen molar-refractivity contribution in [2.24, 2.45) is 5.92 Å². The number of methoxy groups -OCH3 is 1. The molecule has 78 valence electrons. The van der Waals surface area contributed by atoms with E-state index in [1.807, 2.05) is 0 Å². The molecule has 13 heavy (non-hydrogen) atoms. The monoisotopic (exact) mass is 203 g/mol. The molecule has 1 fully saturated rings. The van der Waals surface area contributed by atoms with Crippen molar-refractivity contribution in [2.75, 3.05) is 25.2 Å². The van der Waals surface area contributed by atoms with Crippen molar-refractivity contribution >= 4 is 11.8 Å². The van der Waals surface area contributed by atoms with Crippen LogP contribution in [0.4, 0.5) is 0 Å². The van der Waals surface area contributed by atoms with E-state index >= 15 is 0 Å². The molecule has 0 aromatic rings. The Morgan fingerprint density at radius 3 is 2.92 bits per heavy atom. The Morgan fingerprint density at radius 2 is 2.31 bits per heavy atom. The minimum Gasteiger partial charge on any atom is -0.382 e. The van der Waals surface area contributed by atoms with Gasteiger partial charge in [-0.1, -0.05) is 6.92 Å². The van der Waals surface area contributed by atoms with Crippen LogP contribution in [0.5, 0.6) is 0 Å². The van der Waals surface area contributed by atoms with Gasteiger partial charge in [0, 0.05) is 18.9 Å². The highest BCUT2D eigenvalue weighted by atomic mass is 32.2. The van der Waals surface area contributed by atoms with Crippen molar-refractivity contribution in [1.82, 2.24) is 5.32 Å². The zero-order chi connectivity index (χ0) is 9.68. The predicted octanol–water partition coefficient (Wildman–Crippen LogP) is 1.75. The van der Waals surface area contributed by atoms with Gasteiger partial charge in [-0.15, -0.1) is 0 Å². The van der Waals surface area contributed by atoms with Gasteiger partial charge in [0.25, 0.3) is 0 Å². The summed E-state index contributed by atoms with van der Waals surface area (Å²) in [5, 5.41) is 3.55. The van der Waals surface area contributed by atoms with Gasteiger partial charge in [-0.2, -0.15) is 11.8 Å². The molecule has 0 bridgehead atoms. The Kier molecular flexibility index (Phi) is 5.14. The summed E-state index contributed by atoms with van der Waals surface area (Å²) in [5.74, 6) is 3.38. The first-order valence-electron chi connectivity index (χ1n) is 5.11. The molecular formula is C10H21NOS. The average Bonchev–Trinajstić information content (AvgIpc) is 2.54. The molecule has 3 atom stereocenters. The summed E-state index contributed by atoms with van der Waals surface area (Å²) in [6, 6.07) is 0.715. The third-order valence-electron chi connectivity index (χ3n) is 2.70. The van der Waals surface area contributed by atoms with Gasteiger partial charge in [0.1, 0.15) is 0 Å². The van der Waals surface area contributed by atoms with E-state index in [2.05, 4.69) is 30.9 Å². The predicted molar refractivity (Wildman–Crippen MR) is 59.4 cm³/mol. The first kappa shape index (κ1) is 11.3. The smallest absolute Gasteiger partial charge is 0.0546 e. The van der Waals surface area contributed by atoms with Crippen LogP contribution in [-0.4, -0.2) is 37.3 Å². The number of ether oxygens (including phenoxy) is 1. The van der Waals surface area contributed by atoms with Crippen LogP contribution >= 0.6 is 11.8 Å². The standard InChI is InChI=1S/C10H21NOS/c1-4-11-10-7-13-6-9(10)5-8(2)12-3/h8-11H,4-7H2,1-3H3. The van der Waals surface area contributed by atoms with Gasteiger partial charge < -0.3 is 10.1 Å². The van der Waals surface area contributed by atoms with E-state index in [9.17, 15) is 0 Å². The Labute approximate surface area is 85.8 Å². The van der Waals surface area contributed by atoms with E-state index in [4.69, 9.17) is 4.74 Å². The highest BCUT2D eigenvalue weighted by Crippen LogP contribution is 2.28. The van der Waals surface area contributed by atoms with Gasteiger partial charge in [-0.25, -0.2) is 0 Å². The largest absolute Gasteiger partial charge is 0.382 e. The molecule has 2 nitrogen and oxygen atoms in total. The van der Waals surface area contributed by atoms with Crippen LogP contribution in [0.1, 0.15) is 20.3 Å². The Hall–Kier alpha value is 0.270. The van der Waals surface area contributed by atoms with Crippen molar-refractivity contribution < 1.29 is 4.74 Å². The first-order chi connectivity index (χ1) is 6.27. The number of thioether (sulfide) groups is 1. The summed E-state index contributed by atoms with van der Waals surface area (Å²) in [6.07, 6.45) is 1.60. The molecule has 3 heteroatoms. The van der Waals surface area contributed by atoms with Gasteiger partial charge in [-0.05, 0) is 31.6 Å². The van der Waals surface area contributed by atoms with Gasteiger partial charge in [0.15, 0.2) is 0 Å². The minimum absolute atomic E-state index is 0.407. The number of hydrogen-bond donors (Lipinski definition) is 1. The summed E-state index contributed by atoms with van der Waals surface area (Å²) in [5.41, 5.74) is 0. The number of rotatable bonds is 5. The molecular weight excluding hydrogens is 182 g/mol. The number of nitrogens with one attached hydrogen (secondary N) is 1. The Bertz CT molecular complexity index is 143. The zero-order valence-corrected chi connectivity index (χ0v) is 9.69. The Balaban J connectivity index is 2.30. The quantitative estimate of drug-likeness (QED) is 0.735. The molecule has 1 rings (SSSR count). The molecule has 1 aliphatic rings. The lowest BCUT2D eigenvalue weighted by Gasteiger charge is -2.21. The third-order valence-corrected chi connectivity index (χ3v) is 3.96. The minimum atomic E-state index is 0.407. The lowest BCUT2D eigenvalue weighted by molar-refractivity contribution is 0.0942. The zero-order valence-electron chi connectivity index (χ0n) is 8.88. The molecule has 0 aromatic heterocycles. The van der Waals surface area contributed by atoms with E-state index in [-0.39, 0.29) is 0 Å². The first-order valence-corrected chi connectivity index (χ1v) is 6.27. The van der Waals surface area contributed by atoms with Crippen molar-refractivity contribution in [3.63, 3.8) is 0 Å². The van der Waals surface area contributed by atoms with E-state index in [1.165, 1.54) is 17.9 Å². The number of hydrogen-bond acceptors (Lipinski definition) is 3. The molecule has 1 saturated heterocycles. The lowest BCUT2D eigenvalue weighted by Crippen LogP contribution is -2.36. The topological polar surface area (TPSA) is 21.3 Å². The molecule has 1 N–H and O–H groups in total. The normalized spacial score (nSPS) is 30.7. The average molecular weight is 203 g/mol. The molecule has 0 radical (unpaired) electrons. The summed E-state index contributed by atoms with van der Waals surface area (Å²) < 4.78 is 5.30. The molecule has 0 amide bonds. The molecule has 0 saturated carbocycles. The highest BCUT2D eigenvalue weighted by Gasteiger charge is 2.28. The van der Waals surface area contributed by atoms with Crippen LogP contribution in [0.25, 0.3) is 0 Å². The SMILES string of the molecule is CCNC1CSCC1CC(C)OC. The maximum absolute atomic E-state index is 5.30. The second-order valence-electron chi connectivity index (χ2n) is 3.74. The fourth-order valence-corrected chi connectivity index (χ4v) is 3.29. The van der Waals surface area contributed by atoms with E-state index in [0.29, 0.717) is 12.1 Å².